The number of alkyl halides is 2. The summed E-state index contributed by atoms with van der Waals surface area (Å²) in [7, 11) is 0. The topological polar surface area (TPSA) is 154 Å². The third kappa shape index (κ3) is 5.88. The zero-order valence-corrected chi connectivity index (χ0v) is 21.3. The molecule has 10 nitrogen and oxygen atoms in total. The zero-order chi connectivity index (χ0) is 25.4. The molecule has 3 rings (SSSR count). The minimum Gasteiger partial charge on any atom is -0.381 e. The predicted molar refractivity (Wildman–Crippen MR) is 127 cm³/mol. The summed E-state index contributed by atoms with van der Waals surface area (Å²) in [5.74, 6) is -2.73. The summed E-state index contributed by atoms with van der Waals surface area (Å²) in [5.41, 5.74) is 4.56. The van der Waals surface area contributed by atoms with Crippen molar-refractivity contribution in [1.82, 2.24) is 20.9 Å². The summed E-state index contributed by atoms with van der Waals surface area (Å²) in [6.45, 7) is 5.33. The zero-order valence-electron chi connectivity index (χ0n) is 19.8. The van der Waals surface area contributed by atoms with Gasteiger partial charge in [0.05, 0.1) is 6.54 Å². The Kier molecular flexibility index (Phi) is 7.94. The second-order valence-electron chi connectivity index (χ2n) is 10.6. The number of fused-ring (bicyclic) bond motifs is 1. The van der Waals surface area contributed by atoms with Crippen molar-refractivity contribution < 1.29 is 24.3 Å². The Labute approximate surface area is 209 Å². The van der Waals surface area contributed by atoms with Crippen LogP contribution < -0.4 is 21.7 Å². The number of nitrogens with two attached hydrogens (primary N) is 1. The van der Waals surface area contributed by atoms with Gasteiger partial charge >= 0.3 is 6.03 Å². The normalized spacial score (nSPS) is 27.8. The summed E-state index contributed by atoms with van der Waals surface area (Å²) in [6.07, 6.45) is 3.03. The molecular weight excluding hydrogens is 485 g/mol. The number of aliphatic hydroxyl groups is 1. The van der Waals surface area contributed by atoms with E-state index in [1.54, 1.807) is 0 Å². The molecule has 5 amide bonds. The molecule has 5 atom stereocenters. The largest absolute Gasteiger partial charge is 0.381 e. The van der Waals surface area contributed by atoms with Gasteiger partial charge in [-0.05, 0) is 39.5 Å². The Balaban J connectivity index is 1.79. The number of carbonyl (C=O) groups excluding carboxylic acids is 4. The standard InChI is InChI=1S/C22H35Cl2N5O5/c1-21(2,3)28-20(34)27-15(11-7-5-4-6-8-11)19(33)29-10-12-14(22(12,23)24)16(29)18(32)26-9-13(30)17(25)31/h11-16,30H,4-10H2,1-3H3,(H2,25,31)(H,26,32)(H2,27,28,34)/t12-,13?,14-,15-,16-/m0/s1. The first kappa shape index (κ1) is 26.8. The molecule has 0 aromatic heterocycles. The van der Waals surface area contributed by atoms with Crippen LogP contribution in [-0.4, -0.2) is 74.9 Å². The number of amides is 5. The molecule has 0 spiro atoms. The molecule has 1 unspecified atom stereocenters. The van der Waals surface area contributed by atoms with Crippen molar-refractivity contribution in [3.8, 4) is 0 Å². The van der Waals surface area contributed by atoms with Crippen molar-refractivity contribution in [1.29, 1.82) is 0 Å². The average Bonchev–Trinajstić information content (AvgIpc) is 3.09. The lowest BCUT2D eigenvalue weighted by Gasteiger charge is -2.36. The Hall–Kier alpha value is -1.78. The van der Waals surface area contributed by atoms with Crippen LogP contribution in [0.25, 0.3) is 0 Å². The van der Waals surface area contributed by atoms with Crippen molar-refractivity contribution in [2.75, 3.05) is 13.1 Å². The monoisotopic (exact) mass is 519 g/mol. The quantitative estimate of drug-likeness (QED) is 0.312. The van der Waals surface area contributed by atoms with E-state index in [2.05, 4.69) is 16.0 Å². The van der Waals surface area contributed by atoms with Gasteiger partial charge in [-0.25, -0.2) is 4.79 Å². The number of nitrogens with one attached hydrogen (secondary N) is 3. The third-order valence-corrected chi connectivity index (χ3v) is 7.91. The van der Waals surface area contributed by atoms with Crippen molar-refractivity contribution in [3.63, 3.8) is 0 Å². The Morgan fingerprint density at radius 1 is 1.15 bits per heavy atom. The van der Waals surface area contributed by atoms with Crippen LogP contribution in [0.1, 0.15) is 52.9 Å². The van der Waals surface area contributed by atoms with Crippen molar-refractivity contribution >= 4 is 47.0 Å². The van der Waals surface area contributed by atoms with E-state index in [1.807, 2.05) is 20.8 Å². The molecule has 0 aromatic carbocycles. The molecule has 0 bridgehead atoms. The molecule has 1 saturated heterocycles. The third-order valence-electron chi connectivity index (χ3n) is 6.84. The smallest absolute Gasteiger partial charge is 0.315 e. The van der Waals surface area contributed by atoms with Crippen molar-refractivity contribution in [2.24, 2.45) is 23.5 Å². The molecular formula is C22H35Cl2N5O5. The van der Waals surface area contributed by atoms with Crippen LogP contribution in [0.15, 0.2) is 0 Å². The first-order valence-corrected chi connectivity index (χ1v) is 12.5. The number of hydrogen-bond donors (Lipinski definition) is 5. The minimum absolute atomic E-state index is 0.0546. The molecule has 2 aliphatic carbocycles. The fraction of sp³-hybridized carbons (Fsp3) is 0.818. The molecule has 6 N–H and O–H groups in total. The highest BCUT2D eigenvalue weighted by Crippen LogP contribution is 2.65. The Morgan fingerprint density at radius 3 is 2.32 bits per heavy atom. The van der Waals surface area contributed by atoms with Gasteiger partial charge in [-0.2, -0.15) is 0 Å². The van der Waals surface area contributed by atoms with Gasteiger partial charge in [0, 0.05) is 23.9 Å². The predicted octanol–water partition coefficient (Wildman–Crippen LogP) is 0.626. The lowest BCUT2D eigenvalue weighted by molar-refractivity contribution is -0.142. The number of halogens is 2. The summed E-state index contributed by atoms with van der Waals surface area (Å²) >= 11 is 12.7. The number of likely N-dealkylation sites (tertiary alicyclic amines) is 1. The number of nitrogens with zero attached hydrogens (tertiary/aromatic N) is 1. The van der Waals surface area contributed by atoms with Crippen LogP contribution in [0, 0.1) is 17.8 Å². The highest BCUT2D eigenvalue weighted by Gasteiger charge is 2.74. The SMILES string of the molecule is CC(C)(C)NC(=O)N[C@H](C(=O)N1C[C@H]2[C@@H]([C@H]1C(=O)NCC(O)C(N)=O)C2(Cl)Cl)C1CCCCC1. The molecule has 0 radical (unpaired) electrons. The summed E-state index contributed by atoms with van der Waals surface area (Å²) < 4.78 is -1.14. The first-order valence-electron chi connectivity index (χ1n) is 11.8. The number of primary amides is 1. The minimum atomic E-state index is -1.56. The van der Waals surface area contributed by atoms with Gasteiger partial charge in [0.25, 0.3) is 0 Å². The number of rotatable bonds is 7. The summed E-state index contributed by atoms with van der Waals surface area (Å²) in [4.78, 5) is 52.0. The maximum Gasteiger partial charge on any atom is 0.315 e. The second-order valence-corrected chi connectivity index (χ2v) is 12.1. The van der Waals surface area contributed by atoms with Gasteiger partial charge in [0.1, 0.15) is 22.5 Å². The lowest BCUT2D eigenvalue weighted by Crippen LogP contribution is -2.60. The van der Waals surface area contributed by atoms with Crippen molar-refractivity contribution in [2.45, 2.75) is 80.9 Å². The Bertz CT molecular complexity index is 827. The van der Waals surface area contributed by atoms with E-state index in [4.69, 9.17) is 28.9 Å². The second kappa shape index (κ2) is 10.1. The fourth-order valence-corrected chi connectivity index (χ4v) is 5.91. The van der Waals surface area contributed by atoms with Crippen LogP contribution in [0.5, 0.6) is 0 Å². The van der Waals surface area contributed by atoms with E-state index in [1.165, 1.54) is 4.90 Å². The van der Waals surface area contributed by atoms with Gasteiger partial charge in [0.15, 0.2) is 0 Å². The number of carbonyl (C=O) groups is 4. The van der Waals surface area contributed by atoms with Gasteiger partial charge in [-0.15, -0.1) is 23.2 Å². The van der Waals surface area contributed by atoms with E-state index < -0.39 is 51.8 Å². The molecule has 0 aromatic rings. The molecule has 3 aliphatic rings. The molecule has 3 fully saturated rings. The van der Waals surface area contributed by atoms with E-state index in [0.29, 0.717) is 0 Å². The van der Waals surface area contributed by atoms with Crippen LogP contribution in [0.4, 0.5) is 4.79 Å². The van der Waals surface area contributed by atoms with Crippen LogP contribution in [-0.2, 0) is 14.4 Å². The summed E-state index contributed by atoms with van der Waals surface area (Å²) in [6, 6.07) is -2.23. The van der Waals surface area contributed by atoms with Gasteiger partial charge in [0.2, 0.25) is 17.7 Å². The van der Waals surface area contributed by atoms with Crippen LogP contribution in [0.2, 0.25) is 0 Å². The van der Waals surface area contributed by atoms with Crippen LogP contribution in [0.3, 0.4) is 0 Å². The maximum atomic E-state index is 13.8. The molecule has 2 saturated carbocycles. The molecule has 12 heteroatoms. The maximum absolute atomic E-state index is 13.8. The highest BCUT2D eigenvalue weighted by molar-refractivity contribution is 6.51. The fourth-order valence-electron chi connectivity index (χ4n) is 5.08. The van der Waals surface area contributed by atoms with E-state index in [0.717, 1.165) is 32.1 Å². The molecule has 192 valence electrons. The molecule has 1 heterocycles. The van der Waals surface area contributed by atoms with Gasteiger partial charge in [-0.1, -0.05) is 19.3 Å². The number of hydrogen-bond acceptors (Lipinski definition) is 5. The first-order chi connectivity index (χ1) is 15.7. The average molecular weight is 520 g/mol. The van der Waals surface area contributed by atoms with E-state index in [-0.39, 0.29) is 30.8 Å². The van der Waals surface area contributed by atoms with E-state index >= 15 is 0 Å². The van der Waals surface area contributed by atoms with E-state index in [9.17, 15) is 24.3 Å². The van der Waals surface area contributed by atoms with Crippen molar-refractivity contribution in [3.05, 3.63) is 0 Å². The Morgan fingerprint density at radius 2 is 1.76 bits per heavy atom. The summed E-state index contributed by atoms with van der Waals surface area (Å²) in [5, 5.41) is 17.8. The van der Waals surface area contributed by atoms with Gasteiger partial charge < -0.3 is 31.7 Å². The molecule has 1 aliphatic heterocycles. The number of urea groups is 1. The molecule has 34 heavy (non-hydrogen) atoms. The van der Waals surface area contributed by atoms with Crippen LogP contribution >= 0.6 is 23.2 Å². The number of aliphatic hydroxyl groups excluding tert-OH is 1. The van der Waals surface area contributed by atoms with Gasteiger partial charge in [-0.3, -0.25) is 14.4 Å². The lowest BCUT2D eigenvalue weighted by atomic mass is 9.83. The highest BCUT2D eigenvalue weighted by atomic mass is 35.5. The number of piperidine rings is 1.